The van der Waals surface area contributed by atoms with Gasteiger partial charge in [-0.1, -0.05) is 0 Å². The minimum atomic E-state index is -0.0917. The molecule has 3 aliphatic heterocycles. The van der Waals surface area contributed by atoms with Crippen molar-refractivity contribution in [2.45, 2.75) is 31.0 Å². The first-order valence-corrected chi connectivity index (χ1v) is 8.40. The lowest BCUT2D eigenvalue weighted by Crippen LogP contribution is -2.46. The Kier molecular flexibility index (Phi) is 4.30. The lowest BCUT2D eigenvalue weighted by atomic mass is 10.1. The van der Waals surface area contributed by atoms with Crippen LogP contribution in [0.2, 0.25) is 0 Å². The summed E-state index contributed by atoms with van der Waals surface area (Å²) in [7, 11) is 0. The minimum Gasteiger partial charge on any atom is -0.454 e. The molecule has 24 heavy (non-hydrogen) atoms. The van der Waals surface area contributed by atoms with Gasteiger partial charge in [-0.05, 0) is 31.0 Å². The highest BCUT2D eigenvalue weighted by atomic mass is 16.7. The van der Waals surface area contributed by atoms with Crippen LogP contribution in [0.3, 0.4) is 0 Å². The van der Waals surface area contributed by atoms with Crippen LogP contribution in [0.15, 0.2) is 18.2 Å². The Bertz CT molecular complexity index is 623. The van der Waals surface area contributed by atoms with Gasteiger partial charge in [0.05, 0.1) is 12.7 Å². The molecule has 3 heterocycles. The summed E-state index contributed by atoms with van der Waals surface area (Å²) in [6, 6.07) is 5.71. The molecule has 0 spiro atoms. The molecule has 2 N–H and O–H groups in total. The van der Waals surface area contributed by atoms with Crippen molar-refractivity contribution in [3.8, 4) is 11.5 Å². The zero-order valence-electron chi connectivity index (χ0n) is 13.4. The van der Waals surface area contributed by atoms with Crippen LogP contribution in [0, 0.1) is 0 Å². The largest absolute Gasteiger partial charge is 0.454 e. The molecule has 0 aromatic heterocycles. The smallest absolute Gasteiger partial charge is 0.251 e. The van der Waals surface area contributed by atoms with Gasteiger partial charge in [0.25, 0.3) is 5.91 Å². The number of ether oxygens (including phenoxy) is 3. The number of carbonyl (C=O) groups excluding carboxylic acids is 1. The molecule has 2 saturated heterocycles. The van der Waals surface area contributed by atoms with Gasteiger partial charge < -0.3 is 24.6 Å². The van der Waals surface area contributed by atoms with Crippen molar-refractivity contribution in [2.24, 2.45) is 0 Å². The average Bonchev–Trinajstić information content (AvgIpc) is 3.19. The van der Waals surface area contributed by atoms with E-state index in [9.17, 15) is 4.79 Å². The van der Waals surface area contributed by atoms with E-state index < -0.39 is 0 Å². The zero-order valence-corrected chi connectivity index (χ0v) is 13.4. The highest BCUT2D eigenvalue weighted by Crippen LogP contribution is 2.32. The predicted octanol–water partition coefficient (Wildman–Crippen LogP) is 0.369. The van der Waals surface area contributed by atoms with Gasteiger partial charge in [-0.2, -0.15) is 0 Å². The molecular formula is C17H22N2O5. The highest BCUT2D eigenvalue weighted by molar-refractivity contribution is 5.95. The molecule has 0 aliphatic carbocycles. The van der Waals surface area contributed by atoms with E-state index in [2.05, 4.69) is 10.2 Å². The average molecular weight is 334 g/mol. The van der Waals surface area contributed by atoms with Gasteiger partial charge >= 0.3 is 0 Å². The number of morpholine rings is 1. The van der Waals surface area contributed by atoms with Crippen LogP contribution in [0.25, 0.3) is 0 Å². The third kappa shape index (κ3) is 3.07. The number of amides is 1. The number of fused-ring (bicyclic) bond motifs is 2. The van der Waals surface area contributed by atoms with E-state index >= 15 is 0 Å². The Balaban J connectivity index is 1.35. The van der Waals surface area contributed by atoms with Crippen molar-refractivity contribution >= 4 is 5.91 Å². The summed E-state index contributed by atoms with van der Waals surface area (Å²) < 4.78 is 16.4. The fraction of sp³-hybridized carbons (Fsp3) is 0.588. The maximum absolute atomic E-state index is 12.5. The Morgan fingerprint density at radius 2 is 2.17 bits per heavy atom. The lowest BCUT2D eigenvalue weighted by molar-refractivity contribution is -0.0566. The number of nitrogens with zero attached hydrogens (tertiary/aromatic N) is 1. The van der Waals surface area contributed by atoms with Crippen LogP contribution < -0.4 is 14.8 Å². The molecule has 130 valence electrons. The predicted molar refractivity (Wildman–Crippen MR) is 85.2 cm³/mol. The summed E-state index contributed by atoms with van der Waals surface area (Å²) in [6.07, 6.45) is 1.65. The van der Waals surface area contributed by atoms with Gasteiger partial charge in [0.2, 0.25) is 6.79 Å². The van der Waals surface area contributed by atoms with E-state index in [-0.39, 0.29) is 31.5 Å². The van der Waals surface area contributed by atoms with Crippen LogP contribution in [0.4, 0.5) is 0 Å². The second kappa shape index (κ2) is 6.58. The molecule has 1 amide bonds. The minimum absolute atomic E-state index is 0.0917. The van der Waals surface area contributed by atoms with Crippen molar-refractivity contribution in [3.63, 3.8) is 0 Å². The fourth-order valence-corrected chi connectivity index (χ4v) is 3.67. The second-order valence-electron chi connectivity index (χ2n) is 6.55. The summed E-state index contributed by atoms with van der Waals surface area (Å²) in [5.41, 5.74) is 0.582. The monoisotopic (exact) mass is 334 g/mol. The number of aliphatic hydroxyl groups excluding tert-OH is 1. The van der Waals surface area contributed by atoms with Crippen molar-refractivity contribution in [1.29, 1.82) is 0 Å². The van der Waals surface area contributed by atoms with Gasteiger partial charge in [0, 0.05) is 37.3 Å². The number of rotatable bonds is 4. The molecule has 7 heteroatoms. The maximum Gasteiger partial charge on any atom is 0.251 e. The van der Waals surface area contributed by atoms with E-state index in [1.807, 2.05) is 0 Å². The summed E-state index contributed by atoms with van der Waals surface area (Å²) in [6.45, 7) is 2.66. The van der Waals surface area contributed by atoms with E-state index in [0.29, 0.717) is 36.1 Å². The summed E-state index contributed by atoms with van der Waals surface area (Å²) >= 11 is 0. The molecule has 0 saturated carbocycles. The normalized spacial score (nSPS) is 28.6. The fourth-order valence-electron chi connectivity index (χ4n) is 3.67. The molecule has 1 aromatic carbocycles. The molecule has 4 rings (SSSR count). The van der Waals surface area contributed by atoms with Crippen LogP contribution in [-0.2, 0) is 4.74 Å². The number of nitrogens with one attached hydrogen (secondary N) is 1. The zero-order chi connectivity index (χ0) is 16.5. The van der Waals surface area contributed by atoms with Gasteiger partial charge in [-0.3, -0.25) is 9.69 Å². The molecule has 2 fully saturated rings. The first kappa shape index (κ1) is 15.7. The van der Waals surface area contributed by atoms with Crippen molar-refractivity contribution < 1.29 is 24.1 Å². The molecule has 7 nitrogen and oxygen atoms in total. The molecule has 0 unspecified atom stereocenters. The van der Waals surface area contributed by atoms with E-state index in [0.717, 1.165) is 19.5 Å². The highest BCUT2D eigenvalue weighted by Gasteiger charge is 2.37. The van der Waals surface area contributed by atoms with Crippen molar-refractivity contribution in [1.82, 2.24) is 10.2 Å². The SMILES string of the molecule is O=C(N[C@H]1C[C@H]2CO[C@@H](CCO)CN2C1)c1ccc2c(c1)OCO2. The molecular weight excluding hydrogens is 312 g/mol. The Labute approximate surface area is 140 Å². The number of carbonyl (C=O) groups is 1. The van der Waals surface area contributed by atoms with Gasteiger partial charge in [-0.15, -0.1) is 0 Å². The Morgan fingerprint density at radius 1 is 1.29 bits per heavy atom. The quantitative estimate of drug-likeness (QED) is 0.828. The third-order valence-corrected chi connectivity index (χ3v) is 4.91. The second-order valence-corrected chi connectivity index (χ2v) is 6.55. The van der Waals surface area contributed by atoms with E-state index in [1.54, 1.807) is 18.2 Å². The van der Waals surface area contributed by atoms with Gasteiger partial charge in [0.1, 0.15) is 0 Å². The molecule has 0 radical (unpaired) electrons. The summed E-state index contributed by atoms with van der Waals surface area (Å²) in [5, 5.41) is 12.2. The summed E-state index contributed by atoms with van der Waals surface area (Å²) in [4.78, 5) is 14.8. The van der Waals surface area contributed by atoms with E-state index in [1.165, 1.54) is 0 Å². The lowest BCUT2D eigenvalue weighted by Gasteiger charge is -2.34. The molecule has 0 bridgehead atoms. The summed E-state index contributed by atoms with van der Waals surface area (Å²) in [5.74, 6) is 1.20. The Hall–Kier alpha value is -1.83. The van der Waals surface area contributed by atoms with Crippen molar-refractivity contribution in [2.75, 3.05) is 33.1 Å². The number of hydrogen-bond acceptors (Lipinski definition) is 6. The molecule has 3 atom stereocenters. The number of aliphatic hydroxyl groups is 1. The van der Waals surface area contributed by atoms with E-state index in [4.69, 9.17) is 19.3 Å². The van der Waals surface area contributed by atoms with Crippen LogP contribution >= 0.6 is 0 Å². The standard InChI is InChI=1S/C17H22N2O5/c20-4-3-14-8-19-7-12(6-13(19)9-22-14)18-17(21)11-1-2-15-16(5-11)24-10-23-15/h1-2,5,12-14,20H,3-4,6-10H2,(H,18,21)/t12-,13-,14-/m0/s1. The first-order valence-electron chi connectivity index (χ1n) is 8.40. The van der Waals surface area contributed by atoms with Gasteiger partial charge in [0.15, 0.2) is 11.5 Å². The van der Waals surface area contributed by atoms with Crippen LogP contribution in [0.1, 0.15) is 23.2 Å². The maximum atomic E-state index is 12.5. The van der Waals surface area contributed by atoms with Crippen LogP contribution in [-0.4, -0.2) is 67.2 Å². The van der Waals surface area contributed by atoms with Crippen molar-refractivity contribution in [3.05, 3.63) is 23.8 Å². The third-order valence-electron chi connectivity index (χ3n) is 4.91. The molecule has 1 aromatic rings. The van der Waals surface area contributed by atoms with Crippen LogP contribution in [0.5, 0.6) is 11.5 Å². The first-order chi connectivity index (χ1) is 11.7. The number of benzene rings is 1. The Morgan fingerprint density at radius 3 is 3.04 bits per heavy atom. The topological polar surface area (TPSA) is 80.3 Å². The van der Waals surface area contributed by atoms with Gasteiger partial charge in [-0.25, -0.2) is 0 Å². The number of hydrogen-bond donors (Lipinski definition) is 2. The molecule has 3 aliphatic rings.